The van der Waals surface area contributed by atoms with Crippen molar-refractivity contribution in [2.75, 3.05) is 13.1 Å². The molecule has 1 heterocycles. The Balaban J connectivity index is 2.39. The van der Waals surface area contributed by atoms with E-state index in [0.29, 0.717) is 0 Å². The Kier molecular flexibility index (Phi) is 4.89. The fraction of sp³-hybridized carbons (Fsp3) is 0.500. The van der Waals surface area contributed by atoms with Crippen LogP contribution in [0.3, 0.4) is 0 Å². The minimum atomic E-state index is -4.66. The maximum absolute atomic E-state index is 13.2. The van der Waals surface area contributed by atoms with Gasteiger partial charge in [0.1, 0.15) is 6.54 Å². The number of alkyl halides is 3. The molecule has 0 bridgehead atoms. The molecule has 5 nitrogen and oxygen atoms in total. The number of carbonyl (C=O) groups is 1. The van der Waals surface area contributed by atoms with Gasteiger partial charge in [0.15, 0.2) is 0 Å². The average Bonchev–Trinajstić information content (AvgIpc) is 2.83. The highest BCUT2D eigenvalue weighted by Crippen LogP contribution is 2.31. The molecule has 0 spiro atoms. The SMILES string of the molecule is CCN(CC(C)(C)O)C(=O)Cn1c(C(F)(F)F)nc2ccccc21. The molecule has 0 atom stereocenters. The molecule has 0 saturated carbocycles. The summed E-state index contributed by atoms with van der Waals surface area (Å²) in [6.45, 7) is 4.63. The Morgan fingerprint density at radius 1 is 1.29 bits per heavy atom. The third-order valence-corrected chi connectivity index (χ3v) is 3.51. The normalized spacial score (nSPS) is 12.6. The first-order chi connectivity index (χ1) is 11.0. The van der Waals surface area contributed by atoms with Crippen LogP contribution in [0.5, 0.6) is 0 Å². The van der Waals surface area contributed by atoms with Gasteiger partial charge in [0.25, 0.3) is 0 Å². The molecule has 132 valence electrons. The Morgan fingerprint density at radius 3 is 2.46 bits per heavy atom. The quantitative estimate of drug-likeness (QED) is 0.908. The number of aliphatic hydroxyl groups is 1. The maximum atomic E-state index is 13.2. The summed E-state index contributed by atoms with van der Waals surface area (Å²) in [4.78, 5) is 17.4. The molecule has 0 aliphatic heterocycles. The van der Waals surface area contributed by atoms with Gasteiger partial charge < -0.3 is 14.6 Å². The first kappa shape index (κ1) is 18.3. The lowest BCUT2D eigenvalue weighted by Gasteiger charge is -2.28. The van der Waals surface area contributed by atoms with Crippen LogP contribution in [0.2, 0.25) is 0 Å². The summed E-state index contributed by atoms with van der Waals surface area (Å²) in [6, 6.07) is 6.16. The van der Waals surface area contributed by atoms with Crippen LogP contribution in [0, 0.1) is 0 Å². The van der Waals surface area contributed by atoms with Crippen molar-refractivity contribution in [2.45, 2.75) is 39.1 Å². The van der Waals surface area contributed by atoms with Crippen molar-refractivity contribution in [1.29, 1.82) is 0 Å². The molecule has 2 aromatic rings. The van der Waals surface area contributed by atoms with Crippen molar-refractivity contribution in [3.8, 4) is 0 Å². The highest BCUT2D eigenvalue weighted by Gasteiger charge is 2.38. The number of nitrogens with zero attached hydrogens (tertiary/aromatic N) is 3. The summed E-state index contributed by atoms with van der Waals surface area (Å²) in [6.07, 6.45) is -4.66. The van der Waals surface area contributed by atoms with E-state index < -0.39 is 30.1 Å². The lowest BCUT2D eigenvalue weighted by molar-refractivity contribution is -0.148. The van der Waals surface area contributed by atoms with Crippen molar-refractivity contribution < 1.29 is 23.1 Å². The van der Waals surface area contributed by atoms with Gasteiger partial charge in [0, 0.05) is 13.1 Å². The van der Waals surface area contributed by atoms with Crippen molar-refractivity contribution >= 4 is 16.9 Å². The van der Waals surface area contributed by atoms with Crippen LogP contribution >= 0.6 is 0 Å². The molecule has 0 aliphatic rings. The number of fused-ring (bicyclic) bond motifs is 1. The van der Waals surface area contributed by atoms with Crippen LogP contribution in [-0.4, -0.2) is 44.2 Å². The zero-order valence-electron chi connectivity index (χ0n) is 13.8. The number of hydrogen-bond acceptors (Lipinski definition) is 3. The van der Waals surface area contributed by atoms with E-state index in [4.69, 9.17) is 0 Å². The van der Waals surface area contributed by atoms with E-state index in [1.807, 2.05) is 0 Å². The van der Waals surface area contributed by atoms with E-state index >= 15 is 0 Å². The summed E-state index contributed by atoms with van der Waals surface area (Å²) in [5.41, 5.74) is -0.698. The summed E-state index contributed by atoms with van der Waals surface area (Å²) < 4.78 is 40.6. The monoisotopic (exact) mass is 343 g/mol. The second-order valence-corrected chi connectivity index (χ2v) is 6.23. The van der Waals surface area contributed by atoms with Gasteiger partial charge in [-0.15, -0.1) is 0 Å². The molecule has 0 aliphatic carbocycles. The molecule has 8 heteroatoms. The van der Waals surface area contributed by atoms with Gasteiger partial charge in [-0.05, 0) is 32.9 Å². The molecule has 0 radical (unpaired) electrons. The summed E-state index contributed by atoms with van der Waals surface area (Å²) in [7, 11) is 0. The fourth-order valence-electron chi connectivity index (χ4n) is 2.53. The fourth-order valence-corrected chi connectivity index (χ4v) is 2.53. The lowest BCUT2D eigenvalue weighted by atomic mass is 10.1. The number of amides is 1. The number of likely N-dealkylation sites (N-methyl/N-ethyl adjacent to an activating group) is 1. The number of halogens is 3. The van der Waals surface area contributed by atoms with Gasteiger partial charge in [-0.1, -0.05) is 12.1 Å². The number of imidazole rings is 1. The van der Waals surface area contributed by atoms with Gasteiger partial charge >= 0.3 is 6.18 Å². The minimum absolute atomic E-state index is 0.0380. The zero-order valence-corrected chi connectivity index (χ0v) is 13.8. The van der Waals surface area contributed by atoms with E-state index in [0.717, 1.165) is 4.57 Å². The number of hydrogen-bond donors (Lipinski definition) is 1. The van der Waals surface area contributed by atoms with Gasteiger partial charge in [-0.3, -0.25) is 4.79 Å². The smallest absolute Gasteiger partial charge is 0.389 e. The molecule has 24 heavy (non-hydrogen) atoms. The zero-order chi connectivity index (χ0) is 18.1. The molecular weight excluding hydrogens is 323 g/mol. The van der Waals surface area contributed by atoms with Crippen LogP contribution in [0.15, 0.2) is 24.3 Å². The van der Waals surface area contributed by atoms with Crippen LogP contribution in [-0.2, 0) is 17.5 Å². The first-order valence-electron chi connectivity index (χ1n) is 7.55. The summed E-state index contributed by atoms with van der Waals surface area (Å²) in [5, 5.41) is 9.86. The lowest BCUT2D eigenvalue weighted by Crippen LogP contribution is -2.43. The minimum Gasteiger partial charge on any atom is -0.389 e. The van der Waals surface area contributed by atoms with E-state index in [2.05, 4.69) is 4.98 Å². The largest absolute Gasteiger partial charge is 0.449 e. The molecule has 2 rings (SSSR count). The van der Waals surface area contributed by atoms with Crippen molar-refractivity contribution in [1.82, 2.24) is 14.5 Å². The molecule has 0 saturated heterocycles. The molecule has 1 N–H and O–H groups in total. The van der Waals surface area contributed by atoms with E-state index in [1.54, 1.807) is 19.1 Å². The van der Waals surface area contributed by atoms with Gasteiger partial charge in [0.05, 0.1) is 16.6 Å². The number of carbonyl (C=O) groups excluding carboxylic acids is 1. The van der Waals surface area contributed by atoms with E-state index in [9.17, 15) is 23.1 Å². The highest BCUT2D eigenvalue weighted by molar-refractivity contribution is 5.81. The van der Waals surface area contributed by atoms with Crippen molar-refractivity contribution in [3.05, 3.63) is 30.1 Å². The standard InChI is InChI=1S/C16H20F3N3O2/c1-4-21(10-15(2,3)24)13(23)9-22-12-8-6-5-7-11(12)20-14(22)16(17,18)19/h5-8,24H,4,9-10H2,1-3H3. The molecule has 1 aromatic carbocycles. The summed E-state index contributed by atoms with van der Waals surface area (Å²) in [5.74, 6) is -1.61. The third kappa shape index (κ3) is 4.05. The van der Waals surface area contributed by atoms with Crippen LogP contribution < -0.4 is 0 Å². The Bertz CT molecular complexity index is 732. The first-order valence-corrected chi connectivity index (χ1v) is 7.55. The molecule has 0 unspecified atom stereocenters. The maximum Gasteiger partial charge on any atom is 0.449 e. The highest BCUT2D eigenvalue weighted by atomic mass is 19.4. The number of rotatable bonds is 5. The second-order valence-electron chi connectivity index (χ2n) is 6.23. The molecule has 1 amide bonds. The van der Waals surface area contributed by atoms with Crippen LogP contribution in [0.25, 0.3) is 11.0 Å². The average molecular weight is 343 g/mol. The van der Waals surface area contributed by atoms with Crippen LogP contribution in [0.4, 0.5) is 13.2 Å². The van der Waals surface area contributed by atoms with E-state index in [-0.39, 0.29) is 24.1 Å². The number of benzene rings is 1. The topological polar surface area (TPSA) is 58.4 Å². The van der Waals surface area contributed by atoms with Crippen LogP contribution in [0.1, 0.15) is 26.6 Å². The van der Waals surface area contributed by atoms with Gasteiger partial charge in [0.2, 0.25) is 11.7 Å². The Morgan fingerprint density at radius 2 is 1.92 bits per heavy atom. The molecule has 0 fully saturated rings. The Labute approximate surface area is 137 Å². The van der Waals surface area contributed by atoms with E-state index in [1.165, 1.54) is 30.9 Å². The van der Waals surface area contributed by atoms with Crippen molar-refractivity contribution in [3.63, 3.8) is 0 Å². The van der Waals surface area contributed by atoms with Gasteiger partial charge in [-0.25, -0.2) is 4.98 Å². The molecule has 1 aromatic heterocycles. The predicted molar refractivity (Wildman–Crippen MR) is 83.3 cm³/mol. The second kappa shape index (κ2) is 6.43. The number of para-hydroxylation sites is 2. The van der Waals surface area contributed by atoms with Crippen molar-refractivity contribution in [2.24, 2.45) is 0 Å². The molecular formula is C16H20F3N3O2. The van der Waals surface area contributed by atoms with Gasteiger partial charge in [-0.2, -0.15) is 13.2 Å². The predicted octanol–water partition coefficient (Wildman–Crippen LogP) is 2.67. The third-order valence-electron chi connectivity index (χ3n) is 3.51. The summed E-state index contributed by atoms with van der Waals surface area (Å²) >= 11 is 0. The Hall–Kier alpha value is -2.09. The number of aromatic nitrogens is 2.